The number of nitrogens with one attached hydrogen (secondary N) is 2. The Hall–Kier alpha value is -1.50. The summed E-state index contributed by atoms with van der Waals surface area (Å²) in [5.41, 5.74) is 0.793. The lowest BCUT2D eigenvalue weighted by atomic mass is 10.3. The van der Waals surface area contributed by atoms with Crippen molar-refractivity contribution in [1.82, 2.24) is 20.2 Å². The van der Waals surface area contributed by atoms with Crippen LogP contribution in [0.25, 0.3) is 11.0 Å². The molecule has 2 N–H and O–H groups in total. The van der Waals surface area contributed by atoms with Crippen LogP contribution in [0.15, 0.2) is 6.20 Å². The zero-order chi connectivity index (χ0) is 12.4. The highest BCUT2D eigenvalue weighted by molar-refractivity contribution is 7.99. The molecule has 2 aromatic heterocycles. The van der Waals surface area contributed by atoms with E-state index in [1.165, 1.54) is 12.2 Å². The van der Waals surface area contributed by atoms with Crippen LogP contribution in [0.4, 0.5) is 11.8 Å². The molecule has 1 fully saturated rings. The fourth-order valence-corrected chi connectivity index (χ4v) is 3.02. The molecule has 0 bridgehead atoms. The van der Waals surface area contributed by atoms with Gasteiger partial charge in [-0.15, -0.1) is 0 Å². The summed E-state index contributed by atoms with van der Waals surface area (Å²) in [5, 5.41) is 11.0. The molecule has 0 spiro atoms. The molecule has 0 saturated carbocycles. The highest BCUT2D eigenvalue weighted by Crippen LogP contribution is 2.25. The molecule has 0 aliphatic carbocycles. The number of hydrogen-bond acceptors (Lipinski definition) is 6. The molecule has 0 aromatic carbocycles. The van der Waals surface area contributed by atoms with E-state index in [9.17, 15) is 0 Å². The molecule has 0 amide bonds. The van der Waals surface area contributed by atoms with Gasteiger partial charge < -0.3 is 10.2 Å². The van der Waals surface area contributed by atoms with Crippen LogP contribution in [-0.4, -0.2) is 51.8 Å². The van der Waals surface area contributed by atoms with Crippen LogP contribution in [0.3, 0.4) is 0 Å². The van der Waals surface area contributed by atoms with Gasteiger partial charge in [-0.05, 0) is 12.2 Å². The first-order valence-corrected chi connectivity index (χ1v) is 7.25. The molecule has 3 rings (SSSR count). The molecular formula is C11H16N6S. The molecule has 1 aliphatic rings. The minimum atomic E-state index is 0.638. The van der Waals surface area contributed by atoms with Crippen molar-refractivity contribution in [1.29, 1.82) is 0 Å². The Morgan fingerprint density at radius 2 is 2.28 bits per heavy atom. The predicted octanol–water partition coefficient (Wildman–Crippen LogP) is 1.34. The van der Waals surface area contributed by atoms with Gasteiger partial charge in [0, 0.05) is 25.9 Å². The van der Waals surface area contributed by atoms with Crippen LogP contribution in [0.1, 0.15) is 6.42 Å². The van der Waals surface area contributed by atoms with Crippen LogP contribution >= 0.6 is 11.8 Å². The van der Waals surface area contributed by atoms with E-state index in [-0.39, 0.29) is 0 Å². The van der Waals surface area contributed by atoms with Crippen LogP contribution in [0.2, 0.25) is 0 Å². The van der Waals surface area contributed by atoms with E-state index < -0.39 is 0 Å². The summed E-state index contributed by atoms with van der Waals surface area (Å²) < 4.78 is 0. The molecule has 6 nitrogen and oxygen atoms in total. The van der Waals surface area contributed by atoms with Crippen LogP contribution in [0, 0.1) is 0 Å². The SMILES string of the molecule is CNc1nc(N2CCCSCC2)c2cn[nH]c2n1. The number of thioether (sulfide) groups is 1. The maximum absolute atomic E-state index is 4.59. The molecule has 0 radical (unpaired) electrons. The van der Waals surface area contributed by atoms with E-state index >= 15 is 0 Å². The van der Waals surface area contributed by atoms with Crippen molar-refractivity contribution < 1.29 is 0 Å². The Balaban J connectivity index is 2.04. The van der Waals surface area contributed by atoms with Crippen molar-refractivity contribution in [2.75, 3.05) is 41.9 Å². The largest absolute Gasteiger partial charge is 0.357 e. The standard InChI is InChI=1S/C11H16N6S/c1-12-11-14-9-8(7-13-16-9)10(15-11)17-3-2-5-18-6-4-17/h7H,2-6H2,1H3,(H2,12,13,14,15,16). The maximum atomic E-state index is 4.59. The van der Waals surface area contributed by atoms with E-state index in [1.807, 2.05) is 25.0 Å². The second-order valence-electron chi connectivity index (χ2n) is 4.21. The van der Waals surface area contributed by atoms with Crippen molar-refractivity contribution in [2.45, 2.75) is 6.42 Å². The second kappa shape index (κ2) is 5.01. The van der Waals surface area contributed by atoms with Crippen LogP contribution in [-0.2, 0) is 0 Å². The number of rotatable bonds is 2. The molecule has 18 heavy (non-hydrogen) atoms. The number of fused-ring (bicyclic) bond motifs is 1. The lowest BCUT2D eigenvalue weighted by Crippen LogP contribution is -2.27. The summed E-state index contributed by atoms with van der Waals surface area (Å²) in [7, 11) is 1.83. The number of aromatic nitrogens is 4. The molecule has 1 aliphatic heterocycles. The first-order chi connectivity index (χ1) is 8.88. The van der Waals surface area contributed by atoms with Crippen molar-refractivity contribution in [3.63, 3.8) is 0 Å². The monoisotopic (exact) mass is 264 g/mol. The van der Waals surface area contributed by atoms with E-state index in [1.54, 1.807) is 0 Å². The first-order valence-electron chi connectivity index (χ1n) is 6.10. The van der Waals surface area contributed by atoms with Gasteiger partial charge in [-0.1, -0.05) is 0 Å². The Bertz CT molecular complexity index is 531. The van der Waals surface area contributed by atoms with E-state index in [2.05, 4.69) is 30.4 Å². The zero-order valence-corrected chi connectivity index (χ0v) is 11.1. The highest BCUT2D eigenvalue weighted by atomic mass is 32.2. The number of anilines is 2. The van der Waals surface area contributed by atoms with Crippen molar-refractivity contribution in [3.8, 4) is 0 Å². The summed E-state index contributed by atoms with van der Waals surface area (Å²) in [5.74, 6) is 4.01. The number of hydrogen-bond donors (Lipinski definition) is 2. The number of H-pyrrole nitrogens is 1. The molecule has 0 unspecified atom stereocenters. The van der Waals surface area contributed by atoms with E-state index in [0.29, 0.717) is 5.95 Å². The molecule has 7 heteroatoms. The Morgan fingerprint density at radius 1 is 1.33 bits per heavy atom. The molecule has 2 aromatic rings. The fraction of sp³-hybridized carbons (Fsp3) is 0.545. The van der Waals surface area contributed by atoms with Crippen molar-refractivity contribution in [2.24, 2.45) is 0 Å². The Morgan fingerprint density at radius 3 is 3.17 bits per heavy atom. The lowest BCUT2D eigenvalue weighted by Gasteiger charge is -2.21. The number of aromatic amines is 1. The summed E-state index contributed by atoms with van der Waals surface area (Å²) in [6.45, 7) is 2.08. The molecule has 1 saturated heterocycles. The van der Waals surface area contributed by atoms with Crippen LogP contribution < -0.4 is 10.2 Å². The minimum Gasteiger partial charge on any atom is -0.357 e. The van der Waals surface area contributed by atoms with Crippen molar-refractivity contribution in [3.05, 3.63) is 6.20 Å². The van der Waals surface area contributed by atoms with Gasteiger partial charge in [-0.3, -0.25) is 5.10 Å². The molecular weight excluding hydrogens is 248 g/mol. The third-order valence-corrected chi connectivity index (χ3v) is 4.08. The minimum absolute atomic E-state index is 0.638. The average Bonchev–Trinajstić information content (AvgIpc) is 2.70. The first kappa shape index (κ1) is 11.6. The predicted molar refractivity (Wildman–Crippen MR) is 75.4 cm³/mol. The van der Waals surface area contributed by atoms with Crippen LogP contribution in [0.5, 0.6) is 0 Å². The van der Waals surface area contributed by atoms with Crippen molar-refractivity contribution >= 4 is 34.6 Å². The average molecular weight is 264 g/mol. The smallest absolute Gasteiger partial charge is 0.226 e. The quantitative estimate of drug-likeness (QED) is 0.853. The molecule has 96 valence electrons. The van der Waals surface area contributed by atoms with E-state index in [0.717, 1.165) is 35.7 Å². The van der Waals surface area contributed by atoms with Gasteiger partial charge in [0.15, 0.2) is 5.65 Å². The van der Waals surface area contributed by atoms with Gasteiger partial charge in [0.1, 0.15) is 5.82 Å². The summed E-state index contributed by atoms with van der Waals surface area (Å²) in [6, 6.07) is 0. The Labute approximate surface area is 110 Å². The zero-order valence-electron chi connectivity index (χ0n) is 10.3. The summed E-state index contributed by atoms with van der Waals surface area (Å²) >= 11 is 2.01. The maximum Gasteiger partial charge on any atom is 0.226 e. The van der Waals surface area contributed by atoms with Gasteiger partial charge in [0.05, 0.1) is 11.6 Å². The van der Waals surface area contributed by atoms with Gasteiger partial charge in [0.2, 0.25) is 5.95 Å². The topological polar surface area (TPSA) is 69.7 Å². The summed E-state index contributed by atoms with van der Waals surface area (Å²) in [6.07, 6.45) is 3.01. The fourth-order valence-electron chi connectivity index (χ4n) is 2.13. The highest BCUT2D eigenvalue weighted by Gasteiger charge is 2.17. The van der Waals surface area contributed by atoms with E-state index in [4.69, 9.17) is 0 Å². The number of nitrogens with zero attached hydrogens (tertiary/aromatic N) is 4. The Kier molecular flexibility index (Phi) is 3.22. The van der Waals surface area contributed by atoms with Gasteiger partial charge in [0.25, 0.3) is 0 Å². The normalized spacial score (nSPS) is 16.8. The lowest BCUT2D eigenvalue weighted by molar-refractivity contribution is 0.804. The third-order valence-electron chi connectivity index (χ3n) is 3.04. The second-order valence-corrected chi connectivity index (χ2v) is 5.43. The molecule has 0 atom stereocenters. The van der Waals surface area contributed by atoms with Gasteiger partial charge in [-0.2, -0.15) is 26.8 Å². The molecule has 3 heterocycles. The summed E-state index contributed by atoms with van der Waals surface area (Å²) in [4.78, 5) is 11.3. The van der Waals surface area contributed by atoms with Gasteiger partial charge in [-0.25, -0.2) is 0 Å². The third kappa shape index (κ3) is 2.10. The van der Waals surface area contributed by atoms with Gasteiger partial charge >= 0.3 is 0 Å².